The second-order valence-electron chi connectivity index (χ2n) is 4.59. The molecule has 1 aromatic carbocycles. The van der Waals surface area contributed by atoms with E-state index < -0.39 is 0 Å². The maximum atomic E-state index is 6.03. The van der Waals surface area contributed by atoms with Gasteiger partial charge in [0.1, 0.15) is 0 Å². The lowest BCUT2D eigenvalue weighted by atomic mass is 9.93. The van der Waals surface area contributed by atoms with Gasteiger partial charge in [0.15, 0.2) is 0 Å². The fourth-order valence-corrected chi connectivity index (χ4v) is 2.31. The van der Waals surface area contributed by atoms with Crippen molar-refractivity contribution in [2.24, 2.45) is 5.73 Å². The fourth-order valence-electron chi connectivity index (χ4n) is 2.31. The third-order valence-electron chi connectivity index (χ3n) is 3.32. The van der Waals surface area contributed by atoms with E-state index in [4.69, 9.17) is 10.5 Å². The number of rotatable bonds is 4. The third-order valence-corrected chi connectivity index (χ3v) is 3.32. The summed E-state index contributed by atoms with van der Waals surface area (Å²) >= 11 is 0. The Morgan fingerprint density at radius 1 is 1.12 bits per heavy atom. The topological polar surface area (TPSA) is 35.2 Å². The summed E-state index contributed by atoms with van der Waals surface area (Å²) in [6.07, 6.45) is 6.07. The molecule has 2 heteroatoms. The highest BCUT2D eigenvalue weighted by Gasteiger charge is 2.21. The molecule has 88 valence electrons. The molecule has 0 amide bonds. The number of hydrogen-bond acceptors (Lipinski definition) is 2. The highest BCUT2D eigenvalue weighted by Crippen LogP contribution is 2.19. The van der Waals surface area contributed by atoms with Crippen molar-refractivity contribution >= 4 is 0 Å². The molecule has 0 aromatic heterocycles. The standard InChI is InChI=1S/C14H21NO/c15-13-8-4-5-9-14(13)16-11-10-12-6-2-1-3-7-12/h1-3,6-7,13-14H,4-5,8-11,15H2/t13-,14?/m0/s1. The molecule has 0 bridgehead atoms. The molecule has 1 fully saturated rings. The minimum atomic E-state index is 0.254. The van der Waals surface area contributed by atoms with Gasteiger partial charge in [0, 0.05) is 6.04 Å². The van der Waals surface area contributed by atoms with E-state index in [2.05, 4.69) is 24.3 Å². The van der Waals surface area contributed by atoms with E-state index in [9.17, 15) is 0 Å². The zero-order valence-corrected chi connectivity index (χ0v) is 9.77. The summed E-state index contributed by atoms with van der Waals surface area (Å²) in [7, 11) is 0. The summed E-state index contributed by atoms with van der Waals surface area (Å²) in [5.41, 5.74) is 7.37. The van der Waals surface area contributed by atoms with Crippen LogP contribution in [0.2, 0.25) is 0 Å². The van der Waals surface area contributed by atoms with Gasteiger partial charge in [-0.3, -0.25) is 0 Å². The van der Waals surface area contributed by atoms with Crippen molar-refractivity contribution in [3.8, 4) is 0 Å². The smallest absolute Gasteiger partial charge is 0.0726 e. The third kappa shape index (κ3) is 3.32. The first-order chi connectivity index (χ1) is 7.86. The molecule has 16 heavy (non-hydrogen) atoms. The molecular weight excluding hydrogens is 198 g/mol. The van der Waals surface area contributed by atoms with Crippen molar-refractivity contribution in [3.05, 3.63) is 35.9 Å². The van der Waals surface area contributed by atoms with Gasteiger partial charge in [-0.05, 0) is 24.8 Å². The van der Waals surface area contributed by atoms with Crippen LogP contribution in [-0.2, 0) is 11.2 Å². The van der Waals surface area contributed by atoms with Crippen LogP contribution in [0.3, 0.4) is 0 Å². The molecule has 1 aliphatic carbocycles. The van der Waals surface area contributed by atoms with Gasteiger partial charge in [0.25, 0.3) is 0 Å². The second-order valence-corrected chi connectivity index (χ2v) is 4.59. The molecule has 0 aliphatic heterocycles. The normalized spacial score (nSPS) is 25.6. The molecule has 1 saturated carbocycles. The summed E-state index contributed by atoms with van der Waals surface area (Å²) in [6, 6.07) is 10.7. The Kier molecular flexibility index (Phi) is 4.37. The SMILES string of the molecule is N[C@H]1CCCCC1OCCc1ccccc1. The maximum Gasteiger partial charge on any atom is 0.0726 e. The Morgan fingerprint density at radius 3 is 2.62 bits per heavy atom. The van der Waals surface area contributed by atoms with E-state index in [0.717, 1.165) is 25.9 Å². The van der Waals surface area contributed by atoms with Crippen molar-refractivity contribution in [1.82, 2.24) is 0 Å². The largest absolute Gasteiger partial charge is 0.376 e. The predicted molar refractivity (Wildman–Crippen MR) is 66.3 cm³/mol. The number of benzene rings is 1. The second kappa shape index (κ2) is 6.02. The van der Waals surface area contributed by atoms with Gasteiger partial charge in [-0.15, -0.1) is 0 Å². The average molecular weight is 219 g/mol. The van der Waals surface area contributed by atoms with Gasteiger partial charge >= 0.3 is 0 Å². The number of nitrogens with two attached hydrogens (primary N) is 1. The van der Waals surface area contributed by atoms with Crippen LogP contribution in [0.25, 0.3) is 0 Å². The van der Waals surface area contributed by atoms with Gasteiger partial charge in [-0.1, -0.05) is 43.2 Å². The van der Waals surface area contributed by atoms with Crippen LogP contribution in [0.15, 0.2) is 30.3 Å². The summed E-state index contributed by atoms with van der Waals surface area (Å²) < 4.78 is 5.87. The Bertz CT molecular complexity index is 299. The van der Waals surface area contributed by atoms with Crippen LogP contribution in [0.1, 0.15) is 31.2 Å². The first kappa shape index (κ1) is 11.6. The molecule has 1 aromatic rings. The van der Waals surface area contributed by atoms with Crippen LogP contribution >= 0.6 is 0 Å². The Hall–Kier alpha value is -0.860. The first-order valence-corrected chi connectivity index (χ1v) is 6.27. The maximum absolute atomic E-state index is 6.03. The first-order valence-electron chi connectivity index (χ1n) is 6.27. The molecule has 2 rings (SSSR count). The average Bonchev–Trinajstić information content (AvgIpc) is 2.33. The summed E-state index contributed by atoms with van der Waals surface area (Å²) in [5.74, 6) is 0. The summed E-state index contributed by atoms with van der Waals surface area (Å²) in [4.78, 5) is 0. The molecule has 1 unspecified atom stereocenters. The van der Waals surface area contributed by atoms with E-state index in [1.807, 2.05) is 6.07 Å². The lowest BCUT2D eigenvalue weighted by molar-refractivity contribution is 0.0169. The number of hydrogen-bond donors (Lipinski definition) is 1. The van der Waals surface area contributed by atoms with Crippen LogP contribution in [0.5, 0.6) is 0 Å². The monoisotopic (exact) mass is 219 g/mol. The highest BCUT2D eigenvalue weighted by atomic mass is 16.5. The summed E-state index contributed by atoms with van der Waals surface area (Å²) in [6.45, 7) is 0.794. The van der Waals surface area contributed by atoms with Crippen molar-refractivity contribution in [2.45, 2.75) is 44.2 Å². The molecule has 2 nitrogen and oxygen atoms in total. The molecule has 0 spiro atoms. The Morgan fingerprint density at radius 2 is 1.88 bits per heavy atom. The van der Waals surface area contributed by atoms with E-state index in [1.165, 1.54) is 18.4 Å². The molecule has 0 heterocycles. The van der Waals surface area contributed by atoms with Crippen molar-refractivity contribution in [1.29, 1.82) is 0 Å². The van der Waals surface area contributed by atoms with E-state index in [-0.39, 0.29) is 12.1 Å². The van der Waals surface area contributed by atoms with E-state index in [0.29, 0.717) is 0 Å². The van der Waals surface area contributed by atoms with Gasteiger partial charge in [0.2, 0.25) is 0 Å². The number of ether oxygens (including phenoxy) is 1. The van der Waals surface area contributed by atoms with Gasteiger partial charge in [0.05, 0.1) is 12.7 Å². The van der Waals surface area contributed by atoms with Crippen molar-refractivity contribution < 1.29 is 4.74 Å². The molecule has 0 saturated heterocycles. The summed E-state index contributed by atoms with van der Waals surface area (Å²) in [5, 5.41) is 0. The quantitative estimate of drug-likeness (QED) is 0.844. The van der Waals surface area contributed by atoms with Gasteiger partial charge in [-0.25, -0.2) is 0 Å². The Balaban J connectivity index is 1.71. The van der Waals surface area contributed by atoms with E-state index in [1.54, 1.807) is 0 Å². The zero-order valence-electron chi connectivity index (χ0n) is 9.77. The van der Waals surface area contributed by atoms with Crippen LogP contribution < -0.4 is 5.73 Å². The predicted octanol–water partition coefficient (Wildman–Crippen LogP) is 2.52. The molecule has 0 radical (unpaired) electrons. The molecule has 1 aliphatic rings. The Labute approximate surface area is 97.8 Å². The van der Waals surface area contributed by atoms with Crippen LogP contribution in [0, 0.1) is 0 Å². The zero-order chi connectivity index (χ0) is 11.2. The lowest BCUT2D eigenvalue weighted by Gasteiger charge is -2.28. The van der Waals surface area contributed by atoms with Crippen LogP contribution in [0.4, 0.5) is 0 Å². The van der Waals surface area contributed by atoms with Crippen molar-refractivity contribution in [3.63, 3.8) is 0 Å². The van der Waals surface area contributed by atoms with Crippen LogP contribution in [-0.4, -0.2) is 18.8 Å². The molecule has 2 atom stereocenters. The van der Waals surface area contributed by atoms with Crippen molar-refractivity contribution in [2.75, 3.05) is 6.61 Å². The fraction of sp³-hybridized carbons (Fsp3) is 0.571. The molecular formula is C14H21NO. The minimum Gasteiger partial charge on any atom is -0.376 e. The highest BCUT2D eigenvalue weighted by molar-refractivity contribution is 5.14. The molecule has 2 N–H and O–H groups in total. The van der Waals surface area contributed by atoms with E-state index >= 15 is 0 Å². The van der Waals surface area contributed by atoms with Gasteiger partial charge in [-0.2, -0.15) is 0 Å². The lowest BCUT2D eigenvalue weighted by Crippen LogP contribution is -2.39. The van der Waals surface area contributed by atoms with Gasteiger partial charge < -0.3 is 10.5 Å². The minimum absolute atomic E-state index is 0.254.